The summed E-state index contributed by atoms with van der Waals surface area (Å²) < 4.78 is 7.97. The Morgan fingerprint density at radius 2 is 2.11 bits per heavy atom. The molecule has 1 aromatic rings. The van der Waals surface area contributed by atoms with Gasteiger partial charge in [-0.1, -0.05) is 20.3 Å². The predicted octanol–water partition coefficient (Wildman–Crippen LogP) is 2.76. The lowest BCUT2D eigenvalue weighted by atomic mass is 10.0. The molecule has 0 aromatic carbocycles. The summed E-state index contributed by atoms with van der Waals surface area (Å²) in [5.74, 6) is 0. The van der Waals surface area contributed by atoms with Gasteiger partial charge in [0, 0.05) is 19.3 Å². The predicted molar refractivity (Wildman–Crippen MR) is 74.6 cm³/mol. The molecule has 0 bridgehead atoms. The summed E-state index contributed by atoms with van der Waals surface area (Å²) in [6.45, 7) is 8.14. The van der Waals surface area contributed by atoms with Crippen molar-refractivity contribution in [2.45, 2.75) is 58.7 Å². The summed E-state index contributed by atoms with van der Waals surface area (Å²) in [6, 6.07) is 2.32. The van der Waals surface area contributed by atoms with E-state index in [1.165, 1.54) is 5.69 Å². The number of nitrogens with one attached hydrogen (secondary N) is 1. The van der Waals surface area contributed by atoms with Crippen LogP contribution >= 0.6 is 0 Å². The molecule has 0 amide bonds. The van der Waals surface area contributed by atoms with Crippen molar-refractivity contribution in [1.29, 1.82) is 0 Å². The van der Waals surface area contributed by atoms with Crippen molar-refractivity contribution >= 4 is 0 Å². The summed E-state index contributed by atoms with van der Waals surface area (Å²) in [4.78, 5) is 0. The average molecular weight is 253 g/mol. The van der Waals surface area contributed by atoms with Gasteiger partial charge in [0.25, 0.3) is 0 Å². The lowest BCUT2D eigenvalue weighted by molar-refractivity contribution is 0.0273. The highest BCUT2D eigenvalue weighted by atomic mass is 16.5. The third-order valence-electron chi connectivity index (χ3n) is 3.14. The number of ether oxygens (including phenoxy) is 1. The maximum Gasteiger partial charge on any atom is 0.0784 e. The first kappa shape index (κ1) is 15.2. The molecule has 0 radical (unpaired) electrons. The van der Waals surface area contributed by atoms with Crippen LogP contribution in [0.1, 0.15) is 51.8 Å². The van der Waals surface area contributed by atoms with E-state index in [2.05, 4.69) is 41.9 Å². The maximum absolute atomic E-state index is 5.89. The highest BCUT2D eigenvalue weighted by Gasteiger charge is 2.24. The molecule has 4 heteroatoms. The molecule has 0 aliphatic rings. The average Bonchev–Trinajstić information content (AvgIpc) is 2.80. The van der Waals surface area contributed by atoms with Crippen molar-refractivity contribution in [2.75, 3.05) is 13.7 Å². The van der Waals surface area contributed by atoms with Gasteiger partial charge in [-0.05, 0) is 32.9 Å². The molecule has 0 aliphatic carbocycles. The van der Waals surface area contributed by atoms with Crippen molar-refractivity contribution in [3.05, 3.63) is 18.0 Å². The molecular formula is C14H27N3O. The number of likely N-dealkylation sites (N-methyl/N-ethyl adjacent to an activating group) is 1. The van der Waals surface area contributed by atoms with E-state index in [-0.39, 0.29) is 12.1 Å². The fraction of sp³-hybridized carbons (Fsp3) is 0.786. The van der Waals surface area contributed by atoms with Gasteiger partial charge in [0.2, 0.25) is 0 Å². The number of aromatic nitrogens is 2. The van der Waals surface area contributed by atoms with Crippen LogP contribution in [0.4, 0.5) is 0 Å². The van der Waals surface area contributed by atoms with Gasteiger partial charge in [0.15, 0.2) is 0 Å². The van der Waals surface area contributed by atoms with Gasteiger partial charge in [-0.2, -0.15) is 5.10 Å². The van der Waals surface area contributed by atoms with Gasteiger partial charge in [0.1, 0.15) is 0 Å². The van der Waals surface area contributed by atoms with Crippen molar-refractivity contribution in [3.8, 4) is 0 Å². The summed E-state index contributed by atoms with van der Waals surface area (Å²) in [5, 5.41) is 7.79. The Bertz CT molecular complexity index is 319. The Hall–Kier alpha value is -0.870. The lowest BCUT2D eigenvalue weighted by Crippen LogP contribution is -2.33. The standard InChI is InChI=1S/C14H27N3O/c1-5-8-13(18-7-3)14(15-4)12-9-10-16-17(12)11-6-2/h9-10,13-15H,5-8,11H2,1-4H3. The van der Waals surface area contributed by atoms with Crippen LogP contribution in [0.15, 0.2) is 12.3 Å². The minimum atomic E-state index is 0.220. The van der Waals surface area contributed by atoms with Gasteiger partial charge in [-0.3, -0.25) is 4.68 Å². The molecule has 1 rings (SSSR count). The molecule has 1 heterocycles. The molecule has 0 saturated carbocycles. The first-order valence-corrected chi connectivity index (χ1v) is 7.08. The monoisotopic (exact) mass is 253 g/mol. The summed E-state index contributed by atoms with van der Waals surface area (Å²) >= 11 is 0. The first-order valence-electron chi connectivity index (χ1n) is 7.08. The van der Waals surface area contributed by atoms with Gasteiger partial charge < -0.3 is 10.1 Å². The van der Waals surface area contributed by atoms with Crippen molar-refractivity contribution in [1.82, 2.24) is 15.1 Å². The van der Waals surface area contributed by atoms with Crippen LogP contribution in [-0.2, 0) is 11.3 Å². The number of hydrogen-bond acceptors (Lipinski definition) is 3. The molecule has 0 spiro atoms. The Labute approximate surface area is 111 Å². The van der Waals surface area contributed by atoms with Crippen LogP contribution < -0.4 is 5.32 Å². The molecule has 2 atom stereocenters. The fourth-order valence-electron chi connectivity index (χ4n) is 2.37. The number of aryl methyl sites for hydroxylation is 1. The molecule has 0 fully saturated rings. The molecular weight excluding hydrogens is 226 g/mol. The van der Waals surface area contributed by atoms with Gasteiger partial charge in [-0.15, -0.1) is 0 Å². The SMILES string of the molecule is CCCC(OCC)C(NC)c1ccnn1CCC. The topological polar surface area (TPSA) is 39.1 Å². The highest BCUT2D eigenvalue weighted by Crippen LogP contribution is 2.22. The Morgan fingerprint density at radius 1 is 1.33 bits per heavy atom. The lowest BCUT2D eigenvalue weighted by Gasteiger charge is -2.27. The summed E-state index contributed by atoms with van der Waals surface area (Å²) in [6.07, 6.45) is 5.39. The number of nitrogens with zero attached hydrogens (tertiary/aromatic N) is 2. The van der Waals surface area contributed by atoms with Crippen molar-refractivity contribution in [3.63, 3.8) is 0 Å². The van der Waals surface area contributed by atoms with Crippen LogP contribution in [0.25, 0.3) is 0 Å². The highest BCUT2D eigenvalue weighted by molar-refractivity contribution is 5.09. The van der Waals surface area contributed by atoms with E-state index in [1.54, 1.807) is 0 Å². The minimum absolute atomic E-state index is 0.220. The van der Waals surface area contributed by atoms with E-state index >= 15 is 0 Å². The molecule has 18 heavy (non-hydrogen) atoms. The van der Waals surface area contributed by atoms with Crippen molar-refractivity contribution in [2.24, 2.45) is 0 Å². The van der Waals surface area contributed by atoms with E-state index in [0.717, 1.165) is 32.4 Å². The fourth-order valence-corrected chi connectivity index (χ4v) is 2.37. The Balaban J connectivity index is 2.87. The Kier molecular flexibility index (Phi) is 6.98. The Morgan fingerprint density at radius 3 is 2.67 bits per heavy atom. The molecule has 0 saturated heterocycles. The van der Waals surface area contributed by atoms with E-state index in [4.69, 9.17) is 4.74 Å². The third-order valence-corrected chi connectivity index (χ3v) is 3.14. The zero-order valence-electron chi connectivity index (χ0n) is 12.1. The second-order valence-electron chi connectivity index (χ2n) is 4.53. The van der Waals surface area contributed by atoms with Crippen LogP contribution in [0.2, 0.25) is 0 Å². The first-order chi connectivity index (χ1) is 8.78. The van der Waals surface area contributed by atoms with Gasteiger partial charge in [-0.25, -0.2) is 0 Å². The normalized spacial score (nSPS) is 14.7. The molecule has 1 N–H and O–H groups in total. The van der Waals surface area contributed by atoms with Crippen LogP contribution in [0.5, 0.6) is 0 Å². The summed E-state index contributed by atoms with van der Waals surface area (Å²) in [5.41, 5.74) is 1.23. The quantitative estimate of drug-likeness (QED) is 0.735. The van der Waals surface area contributed by atoms with E-state index < -0.39 is 0 Å². The van der Waals surface area contributed by atoms with E-state index in [0.29, 0.717) is 0 Å². The molecule has 4 nitrogen and oxygen atoms in total. The largest absolute Gasteiger partial charge is 0.376 e. The number of rotatable bonds is 9. The second kappa shape index (κ2) is 8.27. The van der Waals surface area contributed by atoms with Gasteiger partial charge >= 0.3 is 0 Å². The molecule has 1 aromatic heterocycles. The zero-order valence-corrected chi connectivity index (χ0v) is 12.1. The van der Waals surface area contributed by atoms with E-state index in [1.807, 2.05) is 13.2 Å². The molecule has 0 aliphatic heterocycles. The van der Waals surface area contributed by atoms with Crippen LogP contribution in [-0.4, -0.2) is 29.5 Å². The summed E-state index contributed by atoms with van der Waals surface area (Å²) in [7, 11) is 2.00. The zero-order chi connectivity index (χ0) is 13.4. The molecule has 2 unspecified atom stereocenters. The maximum atomic E-state index is 5.89. The van der Waals surface area contributed by atoms with Gasteiger partial charge in [0.05, 0.1) is 17.8 Å². The third kappa shape index (κ3) is 3.82. The van der Waals surface area contributed by atoms with Crippen LogP contribution in [0.3, 0.4) is 0 Å². The van der Waals surface area contributed by atoms with Crippen LogP contribution in [0, 0.1) is 0 Å². The second-order valence-corrected chi connectivity index (χ2v) is 4.53. The number of hydrogen-bond donors (Lipinski definition) is 1. The smallest absolute Gasteiger partial charge is 0.0784 e. The van der Waals surface area contributed by atoms with Crippen molar-refractivity contribution < 1.29 is 4.74 Å². The molecule has 104 valence electrons. The minimum Gasteiger partial charge on any atom is -0.376 e. The van der Waals surface area contributed by atoms with E-state index in [9.17, 15) is 0 Å².